The molecule has 5 rings (SSSR count). The molecule has 0 amide bonds. The summed E-state index contributed by atoms with van der Waals surface area (Å²) in [7, 11) is 0. The average molecular weight is 595 g/mol. The van der Waals surface area contributed by atoms with Gasteiger partial charge in [-0.05, 0) is 31.2 Å². The Morgan fingerprint density at radius 1 is 0.786 bits per heavy atom. The molecule has 2 aromatic carbocycles. The van der Waals surface area contributed by atoms with Gasteiger partial charge in [0.15, 0.2) is 5.76 Å². The Labute approximate surface area is 236 Å². The molecule has 5 unspecified atom stereocenters. The molecule has 0 aliphatic carbocycles. The van der Waals surface area contributed by atoms with Crippen LogP contribution in [0.15, 0.2) is 45.6 Å². The van der Waals surface area contributed by atoms with Crippen LogP contribution in [0.5, 0.6) is 23.0 Å². The van der Waals surface area contributed by atoms with Crippen LogP contribution in [-0.2, 0) is 9.47 Å². The molecule has 15 nitrogen and oxygen atoms in total. The van der Waals surface area contributed by atoms with Crippen molar-refractivity contribution in [2.24, 2.45) is 0 Å². The lowest BCUT2D eigenvalue weighted by Gasteiger charge is -2.39. The normalized spacial score (nSPS) is 33.4. The molecule has 0 spiro atoms. The number of hydrogen-bond acceptors (Lipinski definition) is 15. The van der Waals surface area contributed by atoms with E-state index in [0.29, 0.717) is 0 Å². The van der Waals surface area contributed by atoms with Gasteiger partial charge in [0.1, 0.15) is 70.9 Å². The van der Waals surface area contributed by atoms with Gasteiger partial charge in [-0.1, -0.05) is 0 Å². The number of ether oxygens (including phenoxy) is 4. The van der Waals surface area contributed by atoms with Crippen molar-refractivity contribution in [3.05, 3.63) is 46.6 Å². The molecular formula is C27H30O15. The molecule has 0 bridgehead atoms. The lowest BCUT2D eigenvalue weighted by Crippen LogP contribution is -2.60. The van der Waals surface area contributed by atoms with Gasteiger partial charge >= 0.3 is 0 Å². The van der Waals surface area contributed by atoms with Crippen molar-refractivity contribution in [3.63, 3.8) is 0 Å². The first-order valence-electron chi connectivity index (χ1n) is 12.9. The number of aromatic hydroxyl groups is 2. The van der Waals surface area contributed by atoms with Gasteiger partial charge in [0.25, 0.3) is 0 Å². The number of phenolic OH excluding ortho intramolecular Hbond substituents is 2. The van der Waals surface area contributed by atoms with Gasteiger partial charge < -0.3 is 69.3 Å². The highest BCUT2D eigenvalue weighted by Crippen LogP contribution is 2.38. The molecule has 3 heterocycles. The van der Waals surface area contributed by atoms with Gasteiger partial charge in [0.2, 0.25) is 23.8 Å². The third-order valence-corrected chi connectivity index (χ3v) is 7.18. The Bertz CT molecular complexity index is 1470. The summed E-state index contributed by atoms with van der Waals surface area (Å²) in [6.07, 6.45) is -15.5. The summed E-state index contributed by atoms with van der Waals surface area (Å²) in [5.74, 6) is -1.77. The summed E-state index contributed by atoms with van der Waals surface area (Å²) >= 11 is 0. The predicted molar refractivity (Wildman–Crippen MR) is 139 cm³/mol. The summed E-state index contributed by atoms with van der Waals surface area (Å²) in [5.41, 5.74) is -1.01. The molecule has 10 atom stereocenters. The van der Waals surface area contributed by atoms with E-state index in [0.717, 1.165) is 6.07 Å². The molecule has 0 saturated carbocycles. The van der Waals surface area contributed by atoms with E-state index >= 15 is 0 Å². The van der Waals surface area contributed by atoms with E-state index in [9.17, 15) is 50.8 Å². The smallest absolute Gasteiger partial charge is 0.239 e. The second-order valence-electron chi connectivity index (χ2n) is 10.1. The van der Waals surface area contributed by atoms with Crippen molar-refractivity contribution in [1.82, 2.24) is 0 Å². The summed E-state index contributed by atoms with van der Waals surface area (Å²) in [5, 5.41) is 90.7. The topological polar surface area (TPSA) is 249 Å². The van der Waals surface area contributed by atoms with Crippen LogP contribution in [0, 0.1) is 0 Å². The van der Waals surface area contributed by atoms with Crippen LogP contribution in [0.3, 0.4) is 0 Å². The SMILES string of the molecule is CC1O[C@@H](Oc2cc(O)c3c(=O)c(O[C@@H]4OC(CO)[C@@H](O)C(O)C4O)c(-c4ccc(O)cc4)oc3c2)C(O)[C@@H](O)[C@H]1O. The van der Waals surface area contributed by atoms with Crippen LogP contribution in [0.4, 0.5) is 0 Å². The molecule has 9 N–H and O–H groups in total. The molecular weight excluding hydrogens is 564 g/mol. The van der Waals surface area contributed by atoms with Gasteiger partial charge in [0.05, 0.1) is 12.7 Å². The minimum atomic E-state index is -1.87. The first-order valence-corrected chi connectivity index (χ1v) is 12.9. The number of benzene rings is 2. The third kappa shape index (κ3) is 5.37. The van der Waals surface area contributed by atoms with Gasteiger partial charge in [-0.15, -0.1) is 0 Å². The van der Waals surface area contributed by atoms with Gasteiger partial charge in [-0.2, -0.15) is 0 Å². The molecule has 1 aromatic heterocycles. The molecule has 15 heteroatoms. The molecule has 2 fully saturated rings. The predicted octanol–water partition coefficient (Wildman–Crippen LogP) is -1.74. The number of phenols is 2. The highest BCUT2D eigenvalue weighted by Gasteiger charge is 2.46. The van der Waals surface area contributed by atoms with Crippen LogP contribution in [-0.4, -0.2) is 114 Å². The first-order chi connectivity index (χ1) is 19.9. The van der Waals surface area contributed by atoms with Crippen LogP contribution in [0.2, 0.25) is 0 Å². The molecule has 3 aromatic rings. The van der Waals surface area contributed by atoms with Crippen molar-refractivity contribution >= 4 is 11.0 Å². The number of hydrogen-bond donors (Lipinski definition) is 9. The third-order valence-electron chi connectivity index (χ3n) is 7.18. The maximum Gasteiger partial charge on any atom is 0.239 e. The van der Waals surface area contributed by atoms with E-state index < -0.39 is 90.3 Å². The quantitative estimate of drug-likeness (QED) is 0.154. The minimum absolute atomic E-state index is 0.112. The van der Waals surface area contributed by atoms with E-state index in [1.165, 1.54) is 37.3 Å². The number of rotatable bonds is 6. The van der Waals surface area contributed by atoms with Crippen molar-refractivity contribution in [2.75, 3.05) is 6.61 Å². The van der Waals surface area contributed by atoms with E-state index in [4.69, 9.17) is 23.4 Å². The largest absolute Gasteiger partial charge is 0.508 e. The standard InChI is InChI=1S/C27H30O15/c1-9-17(31)20(34)22(36)26(38-9)39-12-6-13(30)16-14(7-12)40-24(10-2-4-11(29)5-3-10)25(19(16)33)42-27-23(37)21(35)18(32)15(8-28)41-27/h2-7,9,15,17-18,20-23,26-32,34-37H,8H2,1H3/t9?,15?,17-,18+,20-,21?,22?,23?,26-,27-/m0/s1. The van der Waals surface area contributed by atoms with E-state index in [1.54, 1.807) is 0 Å². The van der Waals surface area contributed by atoms with Crippen molar-refractivity contribution in [1.29, 1.82) is 0 Å². The van der Waals surface area contributed by atoms with Crippen LogP contribution in [0.25, 0.3) is 22.3 Å². The lowest BCUT2D eigenvalue weighted by molar-refractivity contribution is -0.277. The van der Waals surface area contributed by atoms with Gasteiger partial charge in [-0.25, -0.2) is 0 Å². The van der Waals surface area contributed by atoms with Crippen molar-refractivity contribution in [3.8, 4) is 34.3 Å². The Morgan fingerprint density at radius 3 is 2.05 bits per heavy atom. The Balaban J connectivity index is 1.58. The first kappa shape index (κ1) is 30.0. The van der Waals surface area contributed by atoms with Gasteiger partial charge in [0, 0.05) is 17.7 Å². The minimum Gasteiger partial charge on any atom is -0.508 e. The Morgan fingerprint density at radius 2 is 1.40 bits per heavy atom. The summed E-state index contributed by atoms with van der Waals surface area (Å²) in [6.45, 7) is 0.702. The van der Waals surface area contributed by atoms with E-state index in [-0.39, 0.29) is 28.4 Å². The number of aliphatic hydroxyl groups is 7. The van der Waals surface area contributed by atoms with E-state index in [2.05, 4.69) is 0 Å². The van der Waals surface area contributed by atoms with Crippen LogP contribution >= 0.6 is 0 Å². The molecule has 2 aliphatic rings. The fraction of sp³-hybridized carbons (Fsp3) is 0.444. The highest BCUT2D eigenvalue weighted by molar-refractivity contribution is 5.88. The summed E-state index contributed by atoms with van der Waals surface area (Å²) in [4.78, 5) is 13.7. The molecule has 2 saturated heterocycles. The van der Waals surface area contributed by atoms with Crippen LogP contribution in [0.1, 0.15) is 6.92 Å². The molecule has 2 aliphatic heterocycles. The van der Waals surface area contributed by atoms with E-state index in [1.807, 2.05) is 0 Å². The summed E-state index contributed by atoms with van der Waals surface area (Å²) in [6, 6.07) is 7.53. The number of aliphatic hydroxyl groups excluding tert-OH is 7. The summed E-state index contributed by atoms with van der Waals surface area (Å²) < 4.78 is 28.0. The zero-order chi connectivity index (χ0) is 30.5. The fourth-order valence-electron chi connectivity index (χ4n) is 4.76. The lowest BCUT2D eigenvalue weighted by atomic mass is 9.99. The molecule has 0 radical (unpaired) electrons. The monoisotopic (exact) mass is 594 g/mol. The Hall–Kier alpha value is -3.51. The van der Waals surface area contributed by atoms with Crippen molar-refractivity contribution < 1.29 is 69.3 Å². The maximum absolute atomic E-state index is 13.7. The zero-order valence-electron chi connectivity index (χ0n) is 21.9. The number of fused-ring (bicyclic) bond motifs is 1. The molecule has 42 heavy (non-hydrogen) atoms. The highest BCUT2D eigenvalue weighted by atomic mass is 16.7. The second kappa shape index (κ2) is 11.6. The fourth-order valence-corrected chi connectivity index (χ4v) is 4.76. The Kier molecular flexibility index (Phi) is 8.30. The van der Waals surface area contributed by atoms with Gasteiger partial charge in [-0.3, -0.25) is 4.79 Å². The van der Waals surface area contributed by atoms with Crippen LogP contribution < -0.4 is 14.9 Å². The molecule has 228 valence electrons. The average Bonchev–Trinajstić information content (AvgIpc) is 2.96. The second-order valence-corrected chi connectivity index (χ2v) is 10.1. The van der Waals surface area contributed by atoms with Crippen molar-refractivity contribution in [2.45, 2.75) is 68.3 Å². The zero-order valence-corrected chi connectivity index (χ0v) is 21.9. The maximum atomic E-state index is 13.7.